The number of hydrogen-bond donors (Lipinski definition) is 4. The highest BCUT2D eigenvalue weighted by Gasteiger charge is 2.80. The lowest BCUT2D eigenvalue weighted by molar-refractivity contribution is -0.934. The molecular weight excluding hydrogens is 1250 g/mol. The van der Waals surface area contributed by atoms with Crippen LogP contribution in [-0.4, -0.2) is 182 Å². The van der Waals surface area contributed by atoms with E-state index in [9.17, 15) is 33.9 Å². The van der Waals surface area contributed by atoms with E-state index in [1.165, 1.54) is 21.1 Å². The largest absolute Gasteiger partial charge is 0.496 e. The summed E-state index contributed by atoms with van der Waals surface area (Å²) in [6.45, 7) is 11.5. The number of nitrogens with zero attached hydrogens (tertiary/aromatic N) is 4. The zero-order valence-corrected chi connectivity index (χ0v) is 57.6. The van der Waals surface area contributed by atoms with Crippen molar-refractivity contribution in [3.63, 3.8) is 0 Å². The Hall–Kier alpha value is -8.86. The number of aromatic amines is 1. The number of benzene rings is 4. The highest BCUT2D eigenvalue weighted by Crippen LogP contribution is 2.68. The third kappa shape index (κ3) is 11.7. The average molecular weight is 1340 g/mol. The SMILES string of the molecule is CCC1=C[C@@H]2C[C@](C(=O)OC)(c3cc4c(cc3OC)N(C)[C@H]3[C@@](O)(C(=O)OC)[C@H](OC(C)=O)[C@]5(CC)C=CCN6CC[C@]43[C@@H]65)c3[nH]c4ccccc4c3C[N+](CC(=O)N3CCC[C@H]3C(=O)N[C@H](C(=O)N[C@@H](CC(=O)OCc3ccccc3)C(=O)OCc3ccccc3)[C@@H](C)CC)(C1)C2. The number of anilines is 1. The van der Waals surface area contributed by atoms with E-state index >= 15 is 9.59 Å². The van der Waals surface area contributed by atoms with E-state index in [1.807, 2.05) is 99.5 Å². The number of rotatable bonds is 22. The lowest BCUT2D eigenvalue weighted by Crippen LogP contribution is -2.81. The van der Waals surface area contributed by atoms with Crippen LogP contribution in [0.15, 0.2) is 121 Å². The molecule has 1 unspecified atom stereocenters. The fourth-order valence-corrected chi connectivity index (χ4v) is 18.4. The molecule has 7 aliphatic rings. The number of hydrogen-bond acceptors (Lipinski definition) is 17. The molecule has 3 amide bonds. The Morgan fingerprint density at radius 1 is 0.816 bits per heavy atom. The van der Waals surface area contributed by atoms with Crippen molar-refractivity contribution in [3.8, 4) is 5.75 Å². The van der Waals surface area contributed by atoms with Crippen LogP contribution in [0.4, 0.5) is 5.69 Å². The number of amides is 3. The molecule has 7 heterocycles. The predicted octanol–water partition coefficient (Wildman–Crippen LogP) is 7.15. The summed E-state index contributed by atoms with van der Waals surface area (Å²) in [5.74, 6) is -5.69. The molecule has 6 aliphatic heterocycles. The first kappa shape index (κ1) is 69.1. The van der Waals surface area contributed by atoms with Crippen LogP contribution in [0.25, 0.3) is 10.9 Å². The third-order valence-corrected chi connectivity index (χ3v) is 22.7. The quantitative estimate of drug-likeness (QED) is 0.0232. The molecule has 1 saturated carbocycles. The number of H-pyrrole nitrogens is 1. The van der Waals surface area contributed by atoms with E-state index in [-0.39, 0.29) is 55.6 Å². The molecule has 5 aromatic rings. The summed E-state index contributed by atoms with van der Waals surface area (Å²) in [6.07, 6.45) is 7.37. The van der Waals surface area contributed by atoms with Crippen LogP contribution < -0.4 is 20.3 Å². The van der Waals surface area contributed by atoms with Gasteiger partial charge in [0.25, 0.3) is 5.91 Å². The lowest BCUT2D eigenvalue weighted by atomic mass is 9.47. The molecule has 12 rings (SSSR count). The number of likely N-dealkylation sites (N-methyl/N-ethyl adjacent to an activating group) is 1. The number of fused-ring (bicyclic) bond motifs is 6. The number of para-hydroxylation sites is 1. The highest BCUT2D eigenvalue weighted by atomic mass is 16.6. The Balaban J connectivity index is 0.883. The van der Waals surface area contributed by atoms with Gasteiger partial charge in [0.2, 0.25) is 17.4 Å². The van der Waals surface area contributed by atoms with E-state index in [0.717, 1.165) is 33.2 Å². The van der Waals surface area contributed by atoms with Crippen LogP contribution in [0.1, 0.15) is 119 Å². The summed E-state index contributed by atoms with van der Waals surface area (Å²) >= 11 is 0. The molecule has 3 fully saturated rings. The molecule has 98 heavy (non-hydrogen) atoms. The fourth-order valence-electron chi connectivity index (χ4n) is 18.4. The number of carbonyl (C=O) groups is 8. The van der Waals surface area contributed by atoms with Gasteiger partial charge in [-0.25, -0.2) is 9.59 Å². The predicted molar refractivity (Wildman–Crippen MR) is 363 cm³/mol. The van der Waals surface area contributed by atoms with Gasteiger partial charge in [0, 0.05) is 89.3 Å². The van der Waals surface area contributed by atoms with Crippen LogP contribution in [0, 0.1) is 17.3 Å². The van der Waals surface area contributed by atoms with Gasteiger partial charge in [0.1, 0.15) is 55.6 Å². The zero-order chi connectivity index (χ0) is 69.6. The van der Waals surface area contributed by atoms with Crippen molar-refractivity contribution >= 4 is 64.2 Å². The maximum atomic E-state index is 16.0. The standard InChI is InChI=1S/C76H91N7O15/c1-10-46(4)63(66(88)78-57(67(89)97-45-50-25-17-14-18-26-50)37-62(86)96-44-49-23-15-13-16-24-49)79-65(87)58-29-21-33-82(58)61(85)43-83-40-48(11-2)35-51(41-83)39-75(71(90)94-8,64-53(42-83)52-27-19-20-28-56(52)77-64)55-36-54-59(38-60(55)93-7)80(6)69-74(54)31-34-81-32-22-30-73(12-3,68(74)81)70(98-47(5)84)76(69,92)72(91)95-9/h13-20,22-28,30,35-36,38,46,51,57-58,63,68-70,77,92H,10-12,21,29,31-34,37,39-45H2,1-9H3,(H-,78,79,87,88)/p+1/t46-,51+,57-,58-,63-,68-,69+,70+,73+,74+,75-,76-,83?/m0/s1. The number of aliphatic hydroxyl groups is 1. The highest BCUT2D eigenvalue weighted by molar-refractivity contribution is 5.97. The first-order valence-electron chi connectivity index (χ1n) is 34.5. The van der Waals surface area contributed by atoms with Gasteiger partial charge in [-0.2, -0.15) is 0 Å². The topological polar surface area (TPSA) is 262 Å². The molecule has 1 aromatic heterocycles. The minimum atomic E-state index is -2.40. The Kier molecular flexibility index (Phi) is 19.3. The van der Waals surface area contributed by atoms with Crippen molar-refractivity contribution in [3.05, 3.63) is 154 Å². The first-order valence-corrected chi connectivity index (χ1v) is 34.5. The van der Waals surface area contributed by atoms with Gasteiger partial charge in [-0.3, -0.25) is 33.7 Å². The number of nitrogens with one attached hydrogen (secondary N) is 3. The van der Waals surface area contributed by atoms with Crippen molar-refractivity contribution < 1.29 is 76.4 Å². The van der Waals surface area contributed by atoms with E-state index in [1.54, 1.807) is 48.4 Å². The number of quaternary nitrogens is 1. The molecule has 4 aromatic carbocycles. The van der Waals surface area contributed by atoms with Crippen molar-refractivity contribution in [1.29, 1.82) is 0 Å². The smallest absolute Gasteiger partial charge is 0.344 e. The van der Waals surface area contributed by atoms with Crippen LogP contribution in [-0.2, 0) is 92.6 Å². The summed E-state index contributed by atoms with van der Waals surface area (Å²) in [7, 11) is 6.01. The Bertz CT molecular complexity index is 3990. The molecule has 520 valence electrons. The van der Waals surface area contributed by atoms with Crippen LogP contribution in [0.5, 0.6) is 5.75 Å². The van der Waals surface area contributed by atoms with Gasteiger partial charge in [-0.1, -0.05) is 131 Å². The van der Waals surface area contributed by atoms with E-state index in [0.29, 0.717) is 93.0 Å². The summed E-state index contributed by atoms with van der Waals surface area (Å²) in [4.78, 5) is 126. The van der Waals surface area contributed by atoms with E-state index in [2.05, 4.69) is 39.6 Å². The summed E-state index contributed by atoms with van der Waals surface area (Å²) < 4.78 is 35.9. The first-order chi connectivity index (χ1) is 47.1. The van der Waals surface area contributed by atoms with Gasteiger partial charge in [-0.15, -0.1) is 0 Å². The fraction of sp³-hybridized carbons (Fsp3) is 0.500. The molecule has 4 N–H and O–H groups in total. The number of carbonyl (C=O) groups excluding carboxylic acids is 8. The minimum absolute atomic E-state index is 0.00836. The molecule has 1 aliphatic carbocycles. The number of likely N-dealkylation sites (tertiary alicyclic amines) is 1. The molecule has 22 heteroatoms. The maximum absolute atomic E-state index is 16.0. The molecular formula is C76H92N7O15+. The summed E-state index contributed by atoms with van der Waals surface area (Å²) in [5.41, 5.74) is 0.460. The van der Waals surface area contributed by atoms with Gasteiger partial charge in [0.15, 0.2) is 12.6 Å². The van der Waals surface area contributed by atoms with Gasteiger partial charge in [-0.05, 0) is 85.4 Å². The van der Waals surface area contributed by atoms with Crippen molar-refractivity contribution in [2.75, 3.05) is 72.5 Å². The second kappa shape index (κ2) is 27.5. The van der Waals surface area contributed by atoms with Crippen LogP contribution >= 0.6 is 0 Å². The summed E-state index contributed by atoms with van der Waals surface area (Å²) in [5, 5.41) is 20.2. The van der Waals surface area contributed by atoms with Gasteiger partial charge < -0.3 is 63.4 Å². The normalized spacial score (nSPS) is 28.2. The van der Waals surface area contributed by atoms with Crippen molar-refractivity contribution in [2.45, 2.75) is 158 Å². The number of aromatic nitrogens is 1. The number of ether oxygens (including phenoxy) is 6. The van der Waals surface area contributed by atoms with Crippen LogP contribution in [0.3, 0.4) is 0 Å². The molecule has 2 bridgehead atoms. The average Bonchev–Trinajstić information content (AvgIpc) is 1.45. The second-order valence-corrected chi connectivity index (χ2v) is 28.1. The zero-order valence-electron chi connectivity index (χ0n) is 57.6. The molecule has 0 radical (unpaired) electrons. The maximum Gasteiger partial charge on any atom is 0.344 e. The Labute approximate surface area is 571 Å². The monoisotopic (exact) mass is 1340 g/mol. The summed E-state index contributed by atoms with van der Waals surface area (Å²) in [6, 6.07) is 24.9. The molecule has 1 spiro atoms. The van der Waals surface area contributed by atoms with E-state index in [4.69, 9.17) is 28.4 Å². The van der Waals surface area contributed by atoms with E-state index < -0.39 is 112 Å². The molecule has 13 atom stereocenters. The van der Waals surface area contributed by atoms with Crippen molar-refractivity contribution in [2.24, 2.45) is 17.3 Å². The van der Waals surface area contributed by atoms with Crippen molar-refractivity contribution in [1.82, 2.24) is 25.4 Å². The Morgan fingerprint density at radius 2 is 1.51 bits per heavy atom. The molecule has 22 nitrogen and oxygen atoms in total. The minimum Gasteiger partial charge on any atom is -0.496 e. The Morgan fingerprint density at radius 3 is 2.17 bits per heavy atom. The van der Waals surface area contributed by atoms with Gasteiger partial charge in [0.05, 0.1) is 40.3 Å². The second-order valence-electron chi connectivity index (χ2n) is 28.1. The third-order valence-electron chi connectivity index (χ3n) is 22.7. The van der Waals surface area contributed by atoms with Crippen LogP contribution in [0.2, 0.25) is 0 Å². The lowest BCUT2D eigenvalue weighted by Gasteiger charge is -2.63. The number of methoxy groups -OCH3 is 3. The van der Waals surface area contributed by atoms with Gasteiger partial charge >= 0.3 is 29.8 Å². The number of esters is 5. The molecule has 2 saturated heterocycles.